The van der Waals surface area contributed by atoms with E-state index in [2.05, 4.69) is 11.8 Å². The summed E-state index contributed by atoms with van der Waals surface area (Å²) in [5.74, 6) is 0.127. The molecule has 0 saturated carbocycles. The SMILES string of the molecule is CCCN1CCOC(C(=O)c2ccsc2)C1. The van der Waals surface area contributed by atoms with Crippen LogP contribution in [-0.4, -0.2) is 43.0 Å². The van der Waals surface area contributed by atoms with Gasteiger partial charge in [-0.25, -0.2) is 0 Å². The minimum absolute atomic E-state index is 0.127. The smallest absolute Gasteiger partial charge is 0.193 e. The van der Waals surface area contributed by atoms with Gasteiger partial charge in [0.1, 0.15) is 6.10 Å². The molecule has 1 saturated heterocycles. The Balaban J connectivity index is 1.96. The Bertz CT molecular complexity index is 335. The van der Waals surface area contributed by atoms with Crippen LogP contribution in [0.4, 0.5) is 0 Å². The second-order valence-electron chi connectivity index (χ2n) is 4.04. The van der Waals surface area contributed by atoms with Crippen molar-refractivity contribution in [3.05, 3.63) is 22.4 Å². The van der Waals surface area contributed by atoms with Crippen LogP contribution in [0.1, 0.15) is 23.7 Å². The van der Waals surface area contributed by atoms with Crippen LogP contribution in [0.2, 0.25) is 0 Å². The van der Waals surface area contributed by atoms with Crippen LogP contribution in [0.3, 0.4) is 0 Å². The predicted molar refractivity (Wildman–Crippen MR) is 65.1 cm³/mol. The normalized spacial score (nSPS) is 22.2. The molecule has 3 nitrogen and oxygen atoms in total. The number of hydrogen-bond acceptors (Lipinski definition) is 4. The number of carbonyl (C=O) groups excluding carboxylic acids is 1. The summed E-state index contributed by atoms with van der Waals surface area (Å²) in [5, 5.41) is 3.82. The van der Waals surface area contributed by atoms with Crippen LogP contribution in [0.25, 0.3) is 0 Å². The molecule has 1 fully saturated rings. The summed E-state index contributed by atoms with van der Waals surface area (Å²) in [4.78, 5) is 14.4. The van der Waals surface area contributed by atoms with Gasteiger partial charge < -0.3 is 4.74 Å². The van der Waals surface area contributed by atoms with Crippen molar-refractivity contribution in [2.45, 2.75) is 19.4 Å². The van der Waals surface area contributed by atoms with E-state index in [1.807, 2.05) is 16.8 Å². The number of hydrogen-bond donors (Lipinski definition) is 0. The van der Waals surface area contributed by atoms with Gasteiger partial charge in [-0.15, -0.1) is 0 Å². The van der Waals surface area contributed by atoms with Crippen LogP contribution in [0.5, 0.6) is 0 Å². The van der Waals surface area contributed by atoms with E-state index < -0.39 is 0 Å². The standard InChI is InChI=1S/C12H17NO2S/c1-2-4-13-5-6-15-11(8-13)12(14)10-3-7-16-9-10/h3,7,9,11H,2,4-6,8H2,1H3. The largest absolute Gasteiger partial charge is 0.367 e. The van der Waals surface area contributed by atoms with Crippen LogP contribution >= 0.6 is 11.3 Å². The van der Waals surface area contributed by atoms with Gasteiger partial charge in [0.15, 0.2) is 5.78 Å². The Morgan fingerprint density at radius 1 is 1.69 bits per heavy atom. The maximum absolute atomic E-state index is 12.1. The highest BCUT2D eigenvalue weighted by molar-refractivity contribution is 7.08. The molecule has 0 spiro atoms. The van der Waals surface area contributed by atoms with Crippen molar-refractivity contribution < 1.29 is 9.53 Å². The summed E-state index contributed by atoms with van der Waals surface area (Å²) >= 11 is 1.55. The highest BCUT2D eigenvalue weighted by Crippen LogP contribution is 2.14. The molecule has 1 atom stereocenters. The Hall–Kier alpha value is -0.710. The maximum Gasteiger partial charge on any atom is 0.193 e. The van der Waals surface area contributed by atoms with E-state index in [0.29, 0.717) is 6.61 Å². The number of ketones is 1. The molecule has 0 radical (unpaired) electrons. The molecule has 1 unspecified atom stereocenters. The molecule has 2 heterocycles. The Morgan fingerprint density at radius 3 is 3.25 bits per heavy atom. The summed E-state index contributed by atoms with van der Waals surface area (Å²) in [7, 11) is 0. The van der Waals surface area contributed by atoms with Crippen LogP contribution in [-0.2, 0) is 4.74 Å². The van der Waals surface area contributed by atoms with Gasteiger partial charge >= 0.3 is 0 Å². The number of rotatable bonds is 4. The molecule has 0 N–H and O–H groups in total. The lowest BCUT2D eigenvalue weighted by atomic mass is 10.1. The molecule has 0 amide bonds. The molecule has 1 aromatic heterocycles. The molecule has 0 aliphatic carbocycles. The molecular formula is C12H17NO2S. The van der Waals surface area contributed by atoms with Crippen molar-refractivity contribution in [1.29, 1.82) is 0 Å². The maximum atomic E-state index is 12.1. The Morgan fingerprint density at radius 2 is 2.56 bits per heavy atom. The van der Waals surface area contributed by atoms with Gasteiger partial charge in [0.2, 0.25) is 0 Å². The van der Waals surface area contributed by atoms with Crippen LogP contribution < -0.4 is 0 Å². The summed E-state index contributed by atoms with van der Waals surface area (Å²) in [6.07, 6.45) is 0.856. The van der Waals surface area contributed by atoms with Gasteiger partial charge in [-0.05, 0) is 24.4 Å². The van der Waals surface area contributed by atoms with Gasteiger partial charge in [0.05, 0.1) is 6.61 Å². The summed E-state index contributed by atoms with van der Waals surface area (Å²) in [6.45, 7) is 5.56. The van der Waals surface area contributed by atoms with Gasteiger partial charge in [-0.3, -0.25) is 9.69 Å². The average molecular weight is 239 g/mol. The number of ether oxygens (including phenoxy) is 1. The third-order valence-corrected chi connectivity index (χ3v) is 3.47. The average Bonchev–Trinajstić information content (AvgIpc) is 2.82. The second kappa shape index (κ2) is 5.57. The second-order valence-corrected chi connectivity index (χ2v) is 4.82. The Kier molecular flexibility index (Phi) is 4.09. The van der Waals surface area contributed by atoms with Gasteiger partial charge in [-0.2, -0.15) is 11.3 Å². The Labute approximate surface area is 100 Å². The van der Waals surface area contributed by atoms with Crippen molar-refractivity contribution in [2.24, 2.45) is 0 Å². The highest BCUT2D eigenvalue weighted by atomic mass is 32.1. The van der Waals surface area contributed by atoms with Crippen molar-refractivity contribution in [1.82, 2.24) is 4.90 Å². The lowest BCUT2D eigenvalue weighted by Gasteiger charge is -2.31. The summed E-state index contributed by atoms with van der Waals surface area (Å²) < 4.78 is 5.55. The molecule has 2 rings (SSSR count). The van der Waals surface area contributed by atoms with Crippen LogP contribution in [0.15, 0.2) is 16.8 Å². The molecule has 0 bridgehead atoms. The fourth-order valence-corrected chi connectivity index (χ4v) is 2.62. The van der Waals surface area contributed by atoms with E-state index in [1.165, 1.54) is 0 Å². The van der Waals surface area contributed by atoms with E-state index in [1.54, 1.807) is 11.3 Å². The minimum Gasteiger partial charge on any atom is -0.367 e. The lowest BCUT2D eigenvalue weighted by molar-refractivity contribution is -0.0163. The van der Waals surface area contributed by atoms with E-state index >= 15 is 0 Å². The lowest BCUT2D eigenvalue weighted by Crippen LogP contribution is -2.46. The molecule has 1 aliphatic rings. The van der Waals surface area contributed by atoms with Gasteiger partial charge in [0.25, 0.3) is 0 Å². The molecule has 88 valence electrons. The number of morpholine rings is 1. The number of carbonyl (C=O) groups is 1. The van der Waals surface area contributed by atoms with Crippen molar-refractivity contribution in [3.63, 3.8) is 0 Å². The zero-order chi connectivity index (χ0) is 11.4. The number of Topliss-reactive ketones (excluding diaryl/α,β-unsaturated/α-hetero) is 1. The van der Waals surface area contributed by atoms with Crippen molar-refractivity contribution in [3.8, 4) is 0 Å². The van der Waals surface area contributed by atoms with Gasteiger partial charge in [0, 0.05) is 24.0 Å². The van der Waals surface area contributed by atoms with Gasteiger partial charge in [-0.1, -0.05) is 6.92 Å². The van der Waals surface area contributed by atoms with E-state index in [4.69, 9.17) is 4.74 Å². The first-order valence-electron chi connectivity index (χ1n) is 5.71. The minimum atomic E-state index is -0.269. The summed E-state index contributed by atoms with van der Waals surface area (Å²) in [5.41, 5.74) is 0.786. The number of nitrogens with zero attached hydrogens (tertiary/aromatic N) is 1. The zero-order valence-corrected chi connectivity index (χ0v) is 10.3. The van der Waals surface area contributed by atoms with E-state index in [0.717, 1.165) is 31.6 Å². The van der Waals surface area contributed by atoms with E-state index in [9.17, 15) is 4.79 Å². The highest BCUT2D eigenvalue weighted by Gasteiger charge is 2.27. The fraction of sp³-hybridized carbons (Fsp3) is 0.583. The van der Waals surface area contributed by atoms with Crippen molar-refractivity contribution in [2.75, 3.05) is 26.2 Å². The monoisotopic (exact) mass is 239 g/mol. The molecule has 4 heteroatoms. The molecule has 16 heavy (non-hydrogen) atoms. The summed E-state index contributed by atoms with van der Waals surface area (Å²) in [6, 6.07) is 1.87. The van der Waals surface area contributed by atoms with E-state index in [-0.39, 0.29) is 11.9 Å². The third kappa shape index (κ3) is 2.70. The first-order valence-corrected chi connectivity index (χ1v) is 6.66. The topological polar surface area (TPSA) is 29.5 Å². The quantitative estimate of drug-likeness (QED) is 0.753. The first-order chi connectivity index (χ1) is 7.81. The fourth-order valence-electron chi connectivity index (χ4n) is 1.97. The molecular weight excluding hydrogens is 222 g/mol. The molecule has 0 aromatic carbocycles. The zero-order valence-electron chi connectivity index (χ0n) is 9.52. The molecule has 1 aliphatic heterocycles. The molecule has 1 aromatic rings. The van der Waals surface area contributed by atoms with Crippen LogP contribution in [0, 0.1) is 0 Å². The van der Waals surface area contributed by atoms with Crippen molar-refractivity contribution >= 4 is 17.1 Å². The first kappa shape index (κ1) is 11.8. The third-order valence-electron chi connectivity index (χ3n) is 2.79. The number of thiophene rings is 1. The predicted octanol–water partition coefficient (Wildman–Crippen LogP) is 2.04.